The molecule has 4 rings (SSSR count). The van der Waals surface area contributed by atoms with Gasteiger partial charge in [-0.05, 0) is 32.1 Å². The molecule has 130 valence electrons. The van der Waals surface area contributed by atoms with E-state index in [-0.39, 0.29) is 17.9 Å². The Morgan fingerprint density at radius 2 is 1.83 bits per heavy atom. The summed E-state index contributed by atoms with van der Waals surface area (Å²) in [6, 6.07) is 0.188. The lowest BCUT2D eigenvalue weighted by Crippen LogP contribution is -2.46. The van der Waals surface area contributed by atoms with Gasteiger partial charge < -0.3 is 10.2 Å². The summed E-state index contributed by atoms with van der Waals surface area (Å²) in [5.41, 5.74) is 0. The molecule has 24 heavy (non-hydrogen) atoms. The Kier molecular flexibility index (Phi) is 4.39. The van der Waals surface area contributed by atoms with Crippen LogP contribution in [0.4, 0.5) is 10.3 Å². The van der Waals surface area contributed by atoms with Crippen molar-refractivity contribution in [1.29, 1.82) is 0 Å². The van der Waals surface area contributed by atoms with E-state index in [0.29, 0.717) is 17.6 Å². The zero-order valence-corrected chi connectivity index (χ0v) is 14.6. The molecule has 1 N–H and O–H groups in total. The van der Waals surface area contributed by atoms with Gasteiger partial charge in [0.2, 0.25) is 22.1 Å². The largest absolute Gasteiger partial charge is 0.352 e. The van der Waals surface area contributed by atoms with Crippen molar-refractivity contribution in [2.75, 3.05) is 22.9 Å². The molecular weight excluding hydrogens is 326 g/mol. The normalized spacial score (nSPS) is 25.0. The fourth-order valence-corrected chi connectivity index (χ4v) is 4.88. The third-order valence-electron chi connectivity index (χ3n) is 5.21. The van der Waals surface area contributed by atoms with Gasteiger partial charge in [-0.2, -0.15) is 0 Å². The van der Waals surface area contributed by atoms with E-state index in [4.69, 9.17) is 0 Å². The number of amides is 2. The molecule has 2 saturated heterocycles. The number of nitrogens with zero attached hydrogens (tertiary/aromatic N) is 4. The van der Waals surface area contributed by atoms with Gasteiger partial charge in [0.25, 0.3) is 0 Å². The molecule has 2 aliphatic heterocycles. The van der Waals surface area contributed by atoms with Crippen LogP contribution in [-0.2, 0) is 9.59 Å². The lowest BCUT2D eigenvalue weighted by molar-refractivity contribution is -0.123. The maximum Gasteiger partial charge on any atom is 0.243 e. The lowest BCUT2D eigenvalue weighted by Gasteiger charge is -2.24. The maximum atomic E-state index is 12.6. The van der Waals surface area contributed by atoms with Gasteiger partial charge >= 0.3 is 0 Å². The smallest absolute Gasteiger partial charge is 0.243 e. The molecule has 1 atom stereocenters. The van der Waals surface area contributed by atoms with E-state index < -0.39 is 0 Å². The van der Waals surface area contributed by atoms with Gasteiger partial charge in [-0.1, -0.05) is 24.2 Å². The first-order valence-corrected chi connectivity index (χ1v) is 9.75. The molecule has 1 saturated carbocycles. The number of nitrogens with one attached hydrogen (secondary N) is 1. The van der Waals surface area contributed by atoms with E-state index in [1.54, 1.807) is 4.90 Å². The summed E-state index contributed by atoms with van der Waals surface area (Å²) in [6.07, 6.45) is 7.92. The lowest BCUT2D eigenvalue weighted by atomic mass is 10.2. The zero-order valence-electron chi connectivity index (χ0n) is 13.7. The molecule has 8 heteroatoms. The third kappa shape index (κ3) is 2.99. The van der Waals surface area contributed by atoms with Crippen molar-refractivity contribution in [2.24, 2.45) is 0 Å². The van der Waals surface area contributed by atoms with Crippen LogP contribution in [0.15, 0.2) is 0 Å². The van der Waals surface area contributed by atoms with Gasteiger partial charge in [-0.3, -0.25) is 14.5 Å². The van der Waals surface area contributed by atoms with Gasteiger partial charge in [0, 0.05) is 25.6 Å². The molecule has 3 aliphatic rings. The van der Waals surface area contributed by atoms with E-state index in [2.05, 4.69) is 20.4 Å². The summed E-state index contributed by atoms with van der Waals surface area (Å²) < 4.78 is 0. The van der Waals surface area contributed by atoms with E-state index in [0.717, 1.165) is 50.3 Å². The average molecular weight is 349 g/mol. The topological polar surface area (TPSA) is 78.4 Å². The molecule has 1 aromatic rings. The number of carbonyl (C=O) groups is 2. The van der Waals surface area contributed by atoms with Gasteiger partial charge in [0.15, 0.2) is 0 Å². The average Bonchev–Trinajstić information content (AvgIpc) is 3.34. The van der Waals surface area contributed by atoms with Crippen molar-refractivity contribution < 1.29 is 9.59 Å². The molecule has 3 fully saturated rings. The minimum atomic E-state index is -0.152. The maximum absolute atomic E-state index is 12.6. The summed E-state index contributed by atoms with van der Waals surface area (Å²) in [4.78, 5) is 28.3. The van der Waals surface area contributed by atoms with Gasteiger partial charge in [-0.15, -0.1) is 10.2 Å². The van der Waals surface area contributed by atoms with Crippen molar-refractivity contribution >= 4 is 33.4 Å². The molecular formula is C16H23N5O2S. The van der Waals surface area contributed by atoms with Crippen LogP contribution in [0.5, 0.6) is 0 Å². The number of hydrogen-bond acceptors (Lipinski definition) is 6. The fourth-order valence-electron chi connectivity index (χ4n) is 3.92. The Morgan fingerprint density at radius 3 is 2.58 bits per heavy atom. The Morgan fingerprint density at radius 1 is 1.04 bits per heavy atom. The monoisotopic (exact) mass is 349 g/mol. The second kappa shape index (κ2) is 6.66. The highest BCUT2D eigenvalue weighted by Crippen LogP contribution is 2.34. The molecule has 3 heterocycles. The molecule has 1 aromatic heterocycles. The number of carbonyl (C=O) groups excluding carboxylic acids is 2. The standard InChI is InChI=1S/C16H23N5O2S/c22-13-8-4-10-21(13)16-19-18-15(24-16)20-9-3-7-12(20)14(23)17-11-5-1-2-6-11/h11-12H,1-10H2,(H,17,23). The Bertz CT molecular complexity index is 628. The zero-order chi connectivity index (χ0) is 16.5. The minimum Gasteiger partial charge on any atom is -0.352 e. The third-order valence-corrected chi connectivity index (χ3v) is 6.19. The molecule has 7 nitrogen and oxygen atoms in total. The van der Waals surface area contributed by atoms with Crippen LogP contribution < -0.4 is 15.1 Å². The molecule has 0 aromatic carbocycles. The summed E-state index contributed by atoms with van der Waals surface area (Å²) in [5.74, 6) is 0.239. The van der Waals surface area contributed by atoms with Crippen molar-refractivity contribution in [2.45, 2.75) is 63.5 Å². The second-order valence-corrected chi connectivity index (χ2v) is 7.79. The number of anilines is 2. The molecule has 2 amide bonds. The van der Waals surface area contributed by atoms with Crippen LogP contribution in [-0.4, -0.2) is 47.2 Å². The minimum absolute atomic E-state index is 0.119. The highest BCUT2D eigenvalue weighted by Gasteiger charge is 2.35. The van der Waals surface area contributed by atoms with Crippen LogP contribution >= 0.6 is 11.3 Å². The number of aromatic nitrogens is 2. The SMILES string of the molecule is O=C(NC1CCCC1)C1CCCN1c1nnc(N2CCCC2=O)s1. The van der Waals surface area contributed by atoms with Crippen molar-refractivity contribution in [3.63, 3.8) is 0 Å². The molecule has 0 spiro atoms. The predicted octanol–water partition coefficient (Wildman–Crippen LogP) is 1.69. The summed E-state index contributed by atoms with van der Waals surface area (Å²) in [6.45, 7) is 1.55. The summed E-state index contributed by atoms with van der Waals surface area (Å²) >= 11 is 1.42. The first-order valence-electron chi connectivity index (χ1n) is 8.93. The quantitative estimate of drug-likeness (QED) is 0.895. The van der Waals surface area contributed by atoms with Crippen LogP contribution in [0.25, 0.3) is 0 Å². The Hall–Kier alpha value is -1.70. The van der Waals surface area contributed by atoms with Gasteiger partial charge in [0.05, 0.1) is 0 Å². The van der Waals surface area contributed by atoms with E-state index >= 15 is 0 Å². The van der Waals surface area contributed by atoms with Crippen LogP contribution in [0.1, 0.15) is 51.4 Å². The second-order valence-electron chi connectivity index (χ2n) is 6.86. The molecule has 1 unspecified atom stereocenters. The highest BCUT2D eigenvalue weighted by atomic mass is 32.1. The molecule has 1 aliphatic carbocycles. The highest BCUT2D eigenvalue weighted by molar-refractivity contribution is 7.19. The molecule has 0 bridgehead atoms. The van der Waals surface area contributed by atoms with Crippen molar-refractivity contribution in [3.8, 4) is 0 Å². The van der Waals surface area contributed by atoms with Crippen molar-refractivity contribution in [3.05, 3.63) is 0 Å². The first kappa shape index (κ1) is 15.8. The summed E-state index contributed by atoms with van der Waals surface area (Å²) in [7, 11) is 0. The number of rotatable bonds is 4. The first-order chi connectivity index (χ1) is 11.7. The van der Waals surface area contributed by atoms with E-state index in [1.807, 2.05) is 0 Å². The van der Waals surface area contributed by atoms with Gasteiger partial charge in [0.1, 0.15) is 6.04 Å². The summed E-state index contributed by atoms with van der Waals surface area (Å²) in [5, 5.41) is 13.1. The van der Waals surface area contributed by atoms with E-state index in [1.165, 1.54) is 24.2 Å². The fraction of sp³-hybridized carbons (Fsp3) is 0.750. The van der Waals surface area contributed by atoms with E-state index in [9.17, 15) is 9.59 Å². The Balaban J connectivity index is 1.45. The van der Waals surface area contributed by atoms with Crippen molar-refractivity contribution in [1.82, 2.24) is 15.5 Å². The molecule has 0 radical (unpaired) electrons. The predicted molar refractivity (Wildman–Crippen MR) is 92.3 cm³/mol. The van der Waals surface area contributed by atoms with Crippen LogP contribution in [0.2, 0.25) is 0 Å². The van der Waals surface area contributed by atoms with Gasteiger partial charge in [-0.25, -0.2) is 0 Å². The van der Waals surface area contributed by atoms with Crippen LogP contribution in [0.3, 0.4) is 0 Å². The van der Waals surface area contributed by atoms with Crippen LogP contribution in [0, 0.1) is 0 Å². The Labute approximate surface area is 145 Å². The number of hydrogen-bond donors (Lipinski definition) is 1.